The molecule has 0 radical (unpaired) electrons. The third kappa shape index (κ3) is 3.08. The molecular formula is C14H11BrN2. The van der Waals surface area contributed by atoms with E-state index in [4.69, 9.17) is 5.26 Å². The smallest absolute Gasteiger partial charge is 0.100 e. The molecule has 0 unspecified atom stereocenters. The van der Waals surface area contributed by atoms with E-state index < -0.39 is 0 Å². The summed E-state index contributed by atoms with van der Waals surface area (Å²) in [6.45, 7) is 0.757. The van der Waals surface area contributed by atoms with Gasteiger partial charge < -0.3 is 5.32 Å². The van der Waals surface area contributed by atoms with Crippen LogP contribution < -0.4 is 5.32 Å². The van der Waals surface area contributed by atoms with Gasteiger partial charge in [0.05, 0.1) is 5.56 Å². The molecule has 0 bridgehead atoms. The summed E-state index contributed by atoms with van der Waals surface area (Å²) >= 11 is 3.34. The first-order chi connectivity index (χ1) is 8.29. The normalized spacial score (nSPS) is 9.65. The van der Waals surface area contributed by atoms with Crippen molar-refractivity contribution in [1.82, 2.24) is 0 Å². The molecule has 0 spiro atoms. The van der Waals surface area contributed by atoms with Crippen LogP contribution in [-0.4, -0.2) is 0 Å². The third-order valence-electron chi connectivity index (χ3n) is 2.43. The number of rotatable bonds is 3. The van der Waals surface area contributed by atoms with Crippen LogP contribution in [0, 0.1) is 11.3 Å². The predicted molar refractivity (Wildman–Crippen MR) is 72.6 cm³/mol. The Bertz CT molecular complexity index is 544. The second-order valence-corrected chi connectivity index (χ2v) is 4.50. The van der Waals surface area contributed by atoms with Gasteiger partial charge in [-0.15, -0.1) is 0 Å². The number of nitrogens with one attached hydrogen (secondary N) is 1. The first kappa shape index (κ1) is 11.7. The van der Waals surface area contributed by atoms with Crippen molar-refractivity contribution in [3.8, 4) is 6.07 Å². The molecule has 2 rings (SSSR count). The molecule has 0 saturated heterocycles. The van der Waals surface area contributed by atoms with E-state index in [9.17, 15) is 0 Å². The Morgan fingerprint density at radius 2 is 1.88 bits per heavy atom. The second-order valence-electron chi connectivity index (χ2n) is 3.65. The molecule has 0 aliphatic heterocycles. The van der Waals surface area contributed by atoms with Crippen molar-refractivity contribution in [3.05, 3.63) is 64.1 Å². The molecule has 0 aromatic heterocycles. The van der Waals surface area contributed by atoms with Gasteiger partial charge in [-0.2, -0.15) is 5.26 Å². The highest BCUT2D eigenvalue weighted by molar-refractivity contribution is 9.10. The Hall–Kier alpha value is -1.79. The van der Waals surface area contributed by atoms with Gasteiger partial charge in [-0.05, 0) is 39.7 Å². The maximum atomic E-state index is 8.92. The van der Waals surface area contributed by atoms with Gasteiger partial charge in [-0.3, -0.25) is 0 Å². The molecule has 0 aliphatic rings. The molecule has 17 heavy (non-hydrogen) atoms. The molecule has 0 atom stereocenters. The van der Waals surface area contributed by atoms with Crippen molar-refractivity contribution in [2.75, 3.05) is 5.32 Å². The van der Waals surface area contributed by atoms with Gasteiger partial charge in [0.15, 0.2) is 0 Å². The fourth-order valence-corrected chi connectivity index (χ4v) is 1.86. The van der Waals surface area contributed by atoms with Crippen LogP contribution >= 0.6 is 15.9 Å². The minimum atomic E-state index is 0.642. The van der Waals surface area contributed by atoms with Gasteiger partial charge in [-0.1, -0.05) is 30.3 Å². The van der Waals surface area contributed by atoms with Crippen molar-refractivity contribution in [2.45, 2.75) is 6.54 Å². The maximum Gasteiger partial charge on any atom is 0.100 e. The lowest BCUT2D eigenvalue weighted by Crippen LogP contribution is -1.99. The zero-order valence-corrected chi connectivity index (χ0v) is 10.7. The highest BCUT2D eigenvalue weighted by Crippen LogP contribution is 2.20. The zero-order chi connectivity index (χ0) is 12.1. The molecule has 0 heterocycles. The minimum absolute atomic E-state index is 0.642. The lowest BCUT2D eigenvalue weighted by Gasteiger charge is -2.07. The average molecular weight is 287 g/mol. The van der Waals surface area contributed by atoms with Gasteiger partial charge in [0.2, 0.25) is 0 Å². The number of nitrogens with zero attached hydrogens (tertiary/aromatic N) is 1. The Labute approximate surface area is 109 Å². The van der Waals surface area contributed by atoms with Crippen LogP contribution in [0.4, 0.5) is 5.69 Å². The van der Waals surface area contributed by atoms with E-state index >= 15 is 0 Å². The fraction of sp³-hybridized carbons (Fsp3) is 0.0714. The van der Waals surface area contributed by atoms with Crippen LogP contribution in [0.2, 0.25) is 0 Å². The summed E-state index contributed by atoms with van der Waals surface area (Å²) in [5.74, 6) is 0. The molecule has 2 nitrogen and oxygen atoms in total. The van der Waals surface area contributed by atoms with E-state index in [2.05, 4.69) is 39.4 Å². The number of benzene rings is 2. The number of nitriles is 1. The van der Waals surface area contributed by atoms with Gasteiger partial charge >= 0.3 is 0 Å². The predicted octanol–water partition coefficient (Wildman–Crippen LogP) is 3.93. The van der Waals surface area contributed by atoms with E-state index in [1.165, 1.54) is 5.56 Å². The molecule has 84 valence electrons. The summed E-state index contributed by atoms with van der Waals surface area (Å²) in [4.78, 5) is 0. The summed E-state index contributed by atoms with van der Waals surface area (Å²) < 4.78 is 0.824. The second kappa shape index (κ2) is 5.51. The number of hydrogen-bond donors (Lipinski definition) is 1. The first-order valence-electron chi connectivity index (χ1n) is 5.27. The largest absolute Gasteiger partial charge is 0.381 e. The highest BCUT2D eigenvalue weighted by Gasteiger charge is 2.00. The third-order valence-corrected chi connectivity index (χ3v) is 3.12. The molecular weight excluding hydrogens is 276 g/mol. The SMILES string of the molecule is N#Cc1cc(NCc2ccccc2)ccc1Br. The Balaban J connectivity index is 2.08. The molecule has 1 N–H and O–H groups in total. The van der Waals surface area contributed by atoms with Crippen molar-refractivity contribution in [3.63, 3.8) is 0 Å². The quantitative estimate of drug-likeness (QED) is 0.928. The van der Waals surface area contributed by atoms with E-state index in [-0.39, 0.29) is 0 Å². The summed E-state index contributed by atoms with van der Waals surface area (Å²) in [6, 6.07) is 18.0. The Morgan fingerprint density at radius 3 is 2.59 bits per heavy atom. The average Bonchev–Trinajstić information content (AvgIpc) is 2.39. The molecule has 2 aromatic rings. The number of halogens is 1. The van der Waals surface area contributed by atoms with E-state index in [0.29, 0.717) is 5.56 Å². The highest BCUT2D eigenvalue weighted by atomic mass is 79.9. The topological polar surface area (TPSA) is 35.8 Å². The van der Waals surface area contributed by atoms with Crippen LogP contribution in [0.25, 0.3) is 0 Å². The van der Waals surface area contributed by atoms with E-state index in [0.717, 1.165) is 16.7 Å². The van der Waals surface area contributed by atoms with Gasteiger partial charge in [0, 0.05) is 16.7 Å². The van der Waals surface area contributed by atoms with Crippen LogP contribution in [0.1, 0.15) is 11.1 Å². The summed E-state index contributed by atoms with van der Waals surface area (Å²) in [5.41, 5.74) is 2.81. The minimum Gasteiger partial charge on any atom is -0.381 e. The lowest BCUT2D eigenvalue weighted by molar-refractivity contribution is 1.15. The van der Waals surface area contributed by atoms with Gasteiger partial charge in [0.25, 0.3) is 0 Å². The molecule has 0 fully saturated rings. The van der Waals surface area contributed by atoms with Crippen LogP contribution in [0.15, 0.2) is 53.0 Å². The summed E-state index contributed by atoms with van der Waals surface area (Å²) in [5, 5.41) is 12.2. The van der Waals surface area contributed by atoms with E-state index in [1.807, 2.05) is 36.4 Å². The van der Waals surface area contributed by atoms with Crippen molar-refractivity contribution < 1.29 is 0 Å². The fourth-order valence-electron chi connectivity index (χ4n) is 1.52. The van der Waals surface area contributed by atoms with Crippen LogP contribution in [0.5, 0.6) is 0 Å². The first-order valence-corrected chi connectivity index (χ1v) is 6.06. The number of hydrogen-bond acceptors (Lipinski definition) is 2. The van der Waals surface area contributed by atoms with Crippen LogP contribution in [-0.2, 0) is 6.54 Å². The number of anilines is 1. The maximum absolute atomic E-state index is 8.92. The Kier molecular flexibility index (Phi) is 3.79. The molecule has 0 aliphatic carbocycles. The monoisotopic (exact) mass is 286 g/mol. The Morgan fingerprint density at radius 1 is 1.12 bits per heavy atom. The standard InChI is InChI=1S/C14H11BrN2/c15-14-7-6-13(8-12(14)9-16)17-10-11-4-2-1-3-5-11/h1-8,17H,10H2. The molecule has 0 saturated carbocycles. The summed E-state index contributed by atoms with van der Waals surface area (Å²) in [6.07, 6.45) is 0. The van der Waals surface area contributed by atoms with Crippen molar-refractivity contribution in [2.24, 2.45) is 0 Å². The molecule has 3 heteroatoms. The van der Waals surface area contributed by atoms with E-state index in [1.54, 1.807) is 0 Å². The molecule has 2 aromatic carbocycles. The van der Waals surface area contributed by atoms with Crippen LogP contribution in [0.3, 0.4) is 0 Å². The summed E-state index contributed by atoms with van der Waals surface area (Å²) in [7, 11) is 0. The van der Waals surface area contributed by atoms with Gasteiger partial charge in [-0.25, -0.2) is 0 Å². The van der Waals surface area contributed by atoms with Crippen molar-refractivity contribution in [1.29, 1.82) is 5.26 Å². The van der Waals surface area contributed by atoms with Crippen molar-refractivity contribution >= 4 is 21.6 Å². The van der Waals surface area contributed by atoms with Gasteiger partial charge in [0.1, 0.15) is 6.07 Å². The molecule has 0 amide bonds. The lowest BCUT2D eigenvalue weighted by atomic mass is 10.2. The zero-order valence-electron chi connectivity index (χ0n) is 9.15.